The van der Waals surface area contributed by atoms with Crippen molar-refractivity contribution in [1.82, 2.24) is 15.6 Å². The second kappa shape index (κ2) is 12.5. The van der Waals surface area contributed by atoms with Crippen molar-refractivity contribution in [2.24, 2.45) is 46.3 Å². The highest BCUT2D eigenvalue weighted by atomic mass is 32.2. The van der Waals surface area contributed by atoms with Crippen LogP contribution in [0, 0.1) is 56.5 Å². The maximum absolute atomic E-state index is 12.5. The number of nitrogens with one attached hydrogen (secondary N) is 2. The van der Waals surface area contributed by atoms with Crippen molar-refractivity contribution in [3.63, 3.8) is 0 Å². The molecule has 4 aliphatic rings. The SMILES string of the molecule is C[C@H](CCC(=O)NCCS(=O)(=O)O)[C@H]1CCC2C3C(Nc4ccc([N+](=O)[O-])c5nonc45)C[C@@H]4C[C@H](O)CC[C@]4(C)C3C[C@H](O)[C@@]21C. The monoisotopic (exact) mass is 677 g/mol. The highest BCUT2D eigenvalue weighted by Gasteiger charge is 2.65. The van der Waals surface area contributed by atoms with Gasteiger partial charge >= 0.3 is 5.69 Å². The van der Waals surface area contributed by atoms with Gasteiger partial charge in [0.25, 0.3) is 10.1 Å². The molecule has 260 valence electrons. The fourth-order valence-corrected chi connectivity index (χ4v) is 11.0. The van der Waals surface area contributed by atoms with Gasteiger partial charge in [0, 0.05) is 25.1 Å². The van der Waals surface area contributed by atoms with Gasteiger partial charge in [-0.15, -0.1) is 0 Å². The number of aliphatic hydroxyl groups is 2. The van der Waals surface area contributed by atoms with Gasteiger partial charge in [-0.3, -0.25) is 19.5 Å². The van der Waals surface area contributed by atoms with Gasteiger partial charge < -0.3 is 20.8 Å². The minimum atomic E-state index is -4.15. The Balaban J connectivity index is 1.27. The third-order valence-electron chi connectivity index (χ3n) is 13.0. The van der Waals surface area contributed by atoms with E-state index >= 15 is 0 Å². The standard InChI is InChI=1S/C32H47N5O9S/c1-17(4-9-27(40)33-12-13-47(43,44)45)20-5-6-21-28-22(16-26(39)32(20,21)3)31(2)11-10-19(38)14-18(31)15-24(28)34-23-7-8-25(37(41)42)30-29(23)35-46-36-30/h7-8,17-22,24,26,28,34,38-39H,4-6,9-16H2,1-3H3,(H,33,40)(H,43,44,45)/t17-,18+,19-,20-,21?,22?,24?,26+,28?,31+,32-/m1/s1. The van der Waals surface area contributed by atoms with E-state index in [2.05, 4.69) is 41.7 Å². The largest absolute Gasteiger partial charge is 0.393 e. The highest BCUT2D eigenvalue weighted by Crippen LogP contribution is 2.68. The summed E-state index contributed by atoms with van der Waals surface area (Å²) < 4.78 is 35.9. The Morgan fingerprint density at radius 3 is 2.60 bits per heavy atom. The Kier molecular flexibility index (Phi) is 9.07. The quantitative estimate of drug-likeness (QED) is 0.137. The molecule has 4 aliphatic carbocycles. The first kappa shape index (κ1) is 34.0. The molecule has 2 aromatic rings. The zero-order valence-corrected chi connectivity index (χ0v) is 28.0. The van der Waals surface area contributed by atoms with Crippen LogP contribution >= 0.6 is 0 Å². The van der Waals surface area contributed by atoms with Crippen LogP contribution in [-0.2, 0) is 14.9 Å². The second-order valence-electron chi connectivity index (χ2n) is 15.2. The van der Waals surface area contributed by atoms with E-state index in [4.69, 9.17) is 9.18 Å². The first-order valence-corrected chi connectivity index (χ1v) is 18.5. The molecule has 11 atom stereocenters. The first-order chi connectivity index (χ1) is 22.1. The number of carbonyl (C=O) groups is 1. The number of nitrogens with zero attached hydrogens (tertiary/aromatic N) is 3. The molecule has 14 nitrogen and oxygen atoms in total. The molecular weight excluding hydrogens is 630 g/mol. The van der Waals surface area contributed by atoms with Crippen LogP contribution in [0.3, 0.4) is 0 Å². The normalized spacial score (nSPS) is 37.4. The van der Waals surface area contributed by atoms with Gasteiger partial charge in [0.05, 0.1) is 28.6 Å². The Hall–Kier alpha value is -2.88. The molecule has 0 aliphatic heterocycles. The lowest BCUT2D eigenvalue weighted by molar-refractivity contribution is -0.383. The van der Waals surface area contributed by atoms with Gasteiger partial charge in [-0.05, 0) is 114 Å². The van der Waals surface area contributed by atoms with Crippen LogP contribution < -0.4 is 10.6 Å². The molecule has 47 heavy (non-hydrogen) atoms. The number of carbonyl (C=O) groups excluding carboxylic acids is 1. The third kappa shape index (κ3) is 6.12. The summed E-state index contributed by atoms with van der Waals surface area (Å²) in [4.78, 5) is 23.6. The van der Waals surface area contributed by atoms with E-state index in [9.17, 15) is 33.5 Å². The molecule has 1 amide bonds. The molecule has 0 bridgehead atoms. The zero-order valence-electron chi connectivity index (χ0n) is 27.2. The molecule has 1 heterocycles. The predicted octanol–water partition coefficient (Wildman–Crippen LogP) is 3.93. The molecular formula is C32H47N5O9S. The van der Waals surface area contributed by atoms with Crippen molar-refractivity contribution in [2.45, 2.75) is 96.8 Å². The fraction of sp³-hybridized carbons (Fsp3) is 0.781. The number of aliphatic hydroxyl groups excluding tert-OH is 2. The van der Waals surface area contributed by atoms with E-state index in [1.54, 1.807) is 6.07 Å². The van der Waals surface area contributed by atoms with Crippen molar-refractivity contribution >= 4 is 38.4 Å². The maximum atomic E-state index is 12.5. The summed E-state index contributed by atoms with van der Waals surface area (Å²) in [6.07, 6.45) is 5.52. The lowest BCUT2D eigenvalue weighted by Crippen LogP contribution is -2.63. The molecule has 4 unspecified atom stereocenters. The number of nitro benzene ring substituents is 1. The van der Waals surface area contributed by atoms with Gasteiger partial charge in [-0.2, -0.15) is 8.42 Å². The Bertz CT molecular complexity index is 1620. The number of amides is 1. The number of nitro groups is 1. The fourth-order valence-electron chi connectivity index (χ4n) is 10.6. The van der Waals surface area contributed by atoms with Crippen molar-refractivity contribution in [2.75, 3.05) is 17.6 Å². The molecule has 0 spiro atoms. The summed E-state index contributed by atoms with van der Waals surface area (Å²) in [5.41, 5.74) is 0.384. The van der Waals surface area contributed by atoms with Crippen molar-refractivity contribution in [1.29, 1.82) is 0 Å². The average molecular weight is 678 g/mol. The summed E-state index contributed by atoms with van der Waals surface area (Å²) in [6, 6.07) is 3.05. The lowest BCUT2D eigenvalue weighted by atomic mass is 9.42. The van der Waals surface area contributed by atoms with Gasteiger partial charge in [0.1, 0.15) is 0 Å². The van der Waals surface area contributed by atoms with E-state index in [0.29, 0.717) is 30.5 Å². The number of non-ortho nitro benzene ring substituents is 1. The topological polar surface area (TPSA) is 218 Å². The van der Waals surface area contributed by atoms with Crippen LogP contribution in [0.1, 0.15) is 78.6 Å². The van der Waals surface area contributed by atoms with Crippen molar-refractivity contribution < 1.29 is 37.5 Å². The van der Waals surface area contributed by atoms with Crippen LogP contribution in [0.2, 0.25) is 0 Å². The lowest BCUT2D eigenvalue weighted by Gasteiger charge is -2.64. The molecule has 0 radical (unpaired) electrons. The average Bonchev–Trinajstić information content (AvgIpc) is 3.63. The number of benzene rings is 1. The highest BCUT2D eigenvalue weighted by molar-refractivity contribution is 7.85. The van der Waals surface area contributed by atoms with E-state index in [1.165, 1.54) is 6.07 Å². The molecule has 1 aromatic heterocycles. The first-order valence-electron chi connectivity index (χ1n) is 16.9. The summed E-state index contributed by atoms with van der Waals surface area (Å²) >= 11 is 0. The number of fused-ring (bicyclic) bond motifs is 6. The molecule has 4 fully saturated rings. The molecule has 15 heteroatoms. The Morgan fingerprint density at radius 2 is 1.87 bits per heavy atom. The van der Waals surface area contributed by atoms with Gasteiger partial charge in [0.15, 0.2) is 5.52 Å². The molecule has 1 aromatic carbocycles. The predicted molar refractivity (Wildman–Crippen MR) is 172 cm³/mol. The minimum Gasteiger partial charge on any atom is -0.393 e. The third-order valence-corrected chi connectivity index (χ3v) is 13.7. The van der Waals surface area contributed by atoms with Gasteiger partial charge in [-0.25, -0.2) is 4.63 Å². The summed E-state index contributed by atoms with van der Waals surface area (Å²) in [6.45, 7) is 6.53. The summed E-state index contributed by atoms with van der Waals surface area (Å²) in [5.74, 6) is 0.298. The van der Waals surface area contributed by atoms with Gasteiger partial charge in [-0.1, -0.05) is 20.8 Å². The van der Waals surface area contributed by atoms with E-state index in [-0.39, 0.29) is 83.1 Å². The second-order valence-corrected chi connectivity index (χ2v) is 16.8. The van der Waals surface area contributed by atoms with Crippen LogP contribution in [0.25, 0.3) is 11.0 Å². The summed E-state index contributed by atoms with van der Waals surface area (Å²) in [7, 11) is -4.15. The zero-order chi connectivity index (χ0) is 33.9. The number of hydrogen-bond donors (Lipinski definition) is 5. The number of rotatable bonds is 10. The molecule has 5 N–H and O–H groups in total. The molecule has 0 saturated heterocycles. The van der Waals surface area contributed by atoms with Crippen LogP contribution in [0.15, 0.2) is 16.8 Å². The number of hydrogen-bond acceptors (Lipinski definition) is 11. The number of anilines is 1. The minimum absolute atomic E-state index is 0.0378. The van der Waals surface area contributed by atoms with Crippen molar-refractivity contribution in [3.8, 4) is 0 Å². The summed E-state index contributed by atoms with van der Waals surface area (Å²) in [5, 5.41) is 48.6. The van der Waals surface area contributed by atoms with Crippen molar-refractivity contribution in [3.05, 3.63) is 22.2 Å². The smallest absolute Gasteiger partial charge is 0.300 e. The van der Waals surface area contributed by atoms with E-state index < -0.39 is 32.3 Å². The molecule has 6 rings (SSSR count). The van der Waals surface area contributed by atoms with Crippen LogP contribution in [0.4, 0.5) is 11.4 Å². The van der Waals surface area contributed by atoms with Gasteiger partial charge in [0.2, 0.25) is 11.4 Å². The Labute approximate surface area is 274 Å². The van der Waals surface area contributed by atoms with E-state index in [0.717, 1.165) is 32.1 Å². The molecule has 4 saturated carbocycles. The van der Waals surface area contributed by atoms with E-state index in [1.807, 2.05) is 0 Å². The Morgan fingerprint density at radius 1 is 1.13 bits per heavy atom. The van der Waals surface area contributed by atoms with Crippen LogP contribution in [-0.4, -0.2) is 74.9 Å². The number of aromatic nitrogens is 2. The van der Waals surface area contributed by atoms with Crippen LogP contribution in [0.5, 0.6) is 0 Å². The maximum Gasteiger partial charge on any atom is 0.300 e.